The zero-order valence-electron chi connectivity index (χ0n) is 16.3. The monoisotopic (exact) mass is 356 g/mol. The number of likely N-dealkylation sites (tertiary alicyclic amines) is 1. The summed E-state index contributed by atoms with van der Waals surface area (Å²) in [6, 6.07) is 6.40. The van der Waals surface area contributed by atoms with E-state index in [-0.39, 0.29) is 5.41 Å². The van der Waals surface area contributed by atoms with Gasteiger partial charge in [-0.15, -0.1) is 0 Å². The summed E-state index contributed by atoms with van der Waals surface area (Å²) in [6.45, 7) is 6.09. The normalized spacial score (nSPS) is 27.8. The van der Waals surface area contributed by atoms with Crippen LogP contribution in [0.4, 0.5) is 0 Å². The van der Waals surface area contributed by atoms with Gasteiger partial charge in [-0.25, -0.2) is 0 Å². The number of carbonyl (C=O) groups excluding carboxylic acids is 1. The van der Waals surface area contributed by atoms with Gasteiger partial charge in [-0.05, 0) is 62.8 Å². The van der Waals surface area contributed by atoms with Gasteiger partial charge in [0.25, 0.3) is 0 Å². The minimum atomic E-state index is -0.342. The number of aryl methyl sites for hydroxylation is 1. The molecule has 1 aromatic rings. The van der Waals surface area contributed by atoms with Crippen LogP contribution in [-0.2, 0) is 10.2 Å². The number of piperidine rings is 1. The van der Waals surface area contributed by atoms with Crippen molar-refractivity contribution in [1.29, 1.82) is 0 Å². The number of methoxy groups -OCH3 is 1. The van der Waals surface area contributed by atoms with Crippen molar-refractivity contribution in [3.05, 3.63) is 29.3 Å². The summed E-state index contributed by atoms with van der Waals surface area (Å²) < 4.78 is 5.56. The average Bonchev–Trinajstić information content (AvgIpc) is 3.32. The fourth-order valence-corrected chi connectivity index (χ4v) is 5.55. The molecule has 2 heterocycles. The van der Waals surface area contributed by atoms with Gasteiger partial charge in [-0.1, -0.05) is 25.0 Å². The van der Waals surface area contributed by atoms with Crippen molar-refractivity contribution >= 4 is 5.91 Å². The topological polar surface area (TPSA) is 41.6 Å². The maximum absolute atomic E-state index is 13.8. The van der Waals surface area contributed by atoms with Gasteiger partial charge >= 0.3 is 0 Å². The Morgan fingerprint density at radius 2 is 1.96 bits per heavy atom. The molecule has 4 heteroatoms. The van der Waals surface area contributed by atoms with Crippen molar-refractivity contribution in [3.8, 4) is 5.75 Å². The summed E-state index contributed by atoms with van der Waals surface area (Å²) in [5, 5.41) is 3.52. The van der Waals surface area contributed by atoms with Crippen LogP contribution < -0.4 is 10.1 Å². The minimum absolute atomic E-state index is 0.318. The smallest absolute Gasteiger partial charge is 0.233 e. The predicted molar refractivity (Wildman–Crippen MR) is 104 cm³/mol. The molecule has 3 fully saturated rings. The number of nitrogens with zero attached hydrogens (tertiary/aromatic N) is 1. The van der Waals surface area contributed by atoms with Gasteiger partial charge in [-0.3, -0.25) is 4.79 Å². The lowest BCUT2D eigenvalue weighted by Crippen LogP contribution is -2.53. The zero-order valence-corrected chi connectivity index (χ0v) is 16.3. The molecule has 0 aromatic heterocycles. The number of hydrogen-bond donors (Lipinski definition) is 1. The first-order valence-electron chi connectivity index (χ1n) is 10.2. The molecule has 1 unspecified atom stereocenters. The lowest BCUT2D eigenvalue weighted by atomic mass is 9.74. The highest BCUT2D eigenvalue weighted by Crippen LogP contribution is 2.45. The van der Waals surface area contributed by atoms with Crippen LogP contribution in [0.2, 0.25) is 0 Å². The Balaban J connectivity index is 1.64. The first-order valence-corrected chi connectivity index (χ1v) is 10.2. The van der Waals surface area contributed by atoms with Crippen molar-refractivity contribution in [3.63, 3.8) is 0 Å². The summed E-state index contributed by atoms with van der Waals surface area (Å²) in [5.74, 6) is 1.27. The quantitative estimate of drug-likeness (QED) is 0.902. The van der Waals surface area contributed by atoms with E-state index in [2.05, 4.69) is 35.3 Å². The van der Waals surface area contributed by atoms with E-state index < -0.39 is 0 Å². The molecule has 1 N–H and O–H groups in total. The largest absolute Gasteiger partial charge is 0.496 e. The summed E-state index contributed by atoms with van der Waals surface area (Å²) in [6.07, 6.45) is 7.84. The SMILES string of the molecule is COc1cc(C2(C(=O)N3CCCC4(CCNC4)C3)CCCC2)ccc1C. The van der Waals surface area contributed by atoms with Crippen molar-refractivity contribution < 1.29 is 9.53 Å². The molecule has 1 spiro atoms. The van der Waals surface area contributed by atoms with Crippen LogP contribution in [0.25, 0.3) is 0 Å². The van der Waals surface area contributed by atoms with Gasteiger partial charge in [0.1, 0.15) is 5.75 Å². The fourth-order valence-electron chi connectivity index (χ4n) is 5.55. The molecule has 1 amide bonds. The molecule has 2 aliphatic heterocycles. The lowest BCUT2D eigenvalue weighted by molar-refractivity contribution is -0.140. The van der Waals surface area contributed by atoms with E-state index in [9.17, 15) is 4.79 Å². The Morgan fingerprint density at radius 3 is 2.65 bits per heavy atom. The van der Waals surface area contributed by atoms with Gasteiger partial charge < -0.3 is 15.0 Å². The van der Waals surface area contributed by atoms with Crippen molar-refractivity contribution in [1.82, 2.24) is 10.2 Å². The molecular formula is C22H32N2O2. The molecule has 26 heavy (non-hydrogen) atoms. The molecule has 1 aliphatic carbocycles. The Kier molecular flexibility index (Phi) is 4.72. The van der Waals surface area contributed by atoms with E-state index in [1.807, 2.05) is 0 Å². The lowest BCUT2D eigenvalue weighted by Gasteiger charge is -2.44. The van der Waals surface area contributed by atoms with Crippen molar-refractivity contribution in [2.45, 2.75) is 57.3 Å². The molecule has 1 atom stereocenters. The Bertz CT molecular complexity index is 673. The highest BCUT2D eigenvalue weighted by atomic mass is 16.5. The van der Waals surface area contributed by atoms with Crippen LogP contribution in [-0.4, -0.2) is 44.1 Å². The summed E-state index contributed by atoms with van der Waals surface area (Å²) >= 11 is 0. The van der Waals surface area contributed by atoms with Crippen LogP contribution in [0, 0.1) is 12.3 Å². The molecule has 3 aliphatic rings. The molecule has 1 aromatic carbocycles. The van der Waals surface area contributed by atoms with Gasteiger partial charge in [0, 0.05) is 25.0 Å². The number of carbonyl (C=O) groups is 1. The van der Waals surface area contributed by atoms with Crippen LogP contribution in [0.3, 0.4) is 0 Å². The third-order valence-electron chi connectivity index (χ3n) is 7.11. The van der Waals surface area contributed by atoms with E-state index in [0.29, 0.717) is 11.3 Å². The molecule has 4 rings (SSSR count). The van der Waals surface area contributed by atoms with Crippen LogP contribution in [0.5, 0.6) is 5.75 Å². The molecule has 0 bridgehead atoms. The maximum Gasteiger partial charge on any atom is 0.233 e. The second-order valence-corrected chi connectivity index (χ2v) is 8.73. The Morgan fingerprint density at radius 1 is 1.15 bits per heavy atom. The van der Waals surface area contributed by atoms with Gasteiger partial charge in [0.15, 0.2) is 0 Å². The Labute approximate surface area is 157 Å². The number of hydrogen-bond acceptors (Lipinski definition) is 3. The second kappa shape index (κ2) is 6.88. The predicted octanol–water partition coefficient (Wildman–Crippen LogP) is 3.42. The van der Waals surface area contributed by atoms with Crippen molar-refractivity contribution in [2.24, 2.45) is 5.41 Å². The van der Waals surface area contributed by atoms with Crippen LogP contribution in [0.15, 0.2) is 18.2 Å². The summed E-state index contributed by atoms with van der Waals surface area (Å²) in [7, 11) is 1.72. The van der Waals surface area contributed by atoms with E-state index in [0.717, 1.165) is 75.2 Å². The number of rotatable bonds is 3. The van der Waals surface area contributed by atoms with Crippen molar-refractivity contribution in [2.75, 3.05) is 33.3 Å². The second-order valence-electron chi connectivity index (χ2n) is 8.73. The molecular weight excluding hydrogens is 324 g/mol. The molecule has 1 saturated carbocycles. The van der Waals surface area contributed by atoms with Crippen LogP contribution in [0.1, 0.15) is 56.1 Å². The molecule has 2 saturated heterocycles. The maximum atomic E-state index is 13.8. The zero-order chi connectivity index (χ0) is 18.2. The number of ether oxygens (including phenoxy) is 1. The highest BCUT2D eigenvalue weighted by Gasteiger charge is 2.48. The molecule has 142 valence electrons. The fraction of sp³-hybridized carbons (Fsp3) is 0.682. The number of nitrogens with one attached hydrogen (secondary N) is 1. The first-order chi connectivity index (χ1) is 12.6. The van der Waals surface area contributed by atoms with E-state index in [1.165, 1.54) is 12.8 Å². The standard InChI is InChI=1S/C22H32N2O2/c1-17-6-7-18(14-19(17)26-2)22(9-3-4-10-22)20(25)24-13-5-8-21(16-24)11-12-23-15-21/h6-7,14,23H,3-5,8-13,15-16H2,1-2H3. The number of amides is 1. The number of benzene rings is 1. The Hall–Kier alpha value is -1.55. The summed E-state index contributed by atoms with van der Waals surface area (Å²) in [5.41, 5.74) is 2.27. The minimum Gasteiger partial charge on any atom is -0.496 e. The van der Waals surface area contributed by atoms with E-state index in [1.54, 1.807) is 7.11 Å². The van der Waals surface area contributed by atoms with Gasteiger partial charge in [-0.2, -0.15) is 0 Å². The third-order valence-corrected chi connectivity index (χ3v) is 7.11. The van der Waals surface area contributed by atoms with Gasteiger partial charge in [0.05, 0.1) is 12.5 Å². The average molecular weight is 357 g/mol. The van der Waals surface area contributed by atoms with E-state index >= 15 is 0 Å². The molecule has 4 nitrogen and oxygen atoms in total. The summed E-state index contributed by atoms with van der Waals surface area (Å²) in [4.78, 5) is 16.0. The van der Waals surface area contributed by atoms with Gasteiger partial charge in [0.2, 0.25) is 5.91 Å². The van der Waals surface area contributed by atoms with E-state index in [4.69, 9.17) is 4.74 Å². The molecule has 0 radical (unpaired) electrons. The highest BCUT2D eigenvalue weighted by molar-refractivity contribution is 5.89. The van der Waals surface area contributed by atoms with Crippen LogP contribution >= 0.6 is 0 Å². The first kappa shape index (κ1) is 17.8. The third kappa shape index (κ3) is 2.92.